The highest BCUT2D eigenvalue weighted by Crippen LogP contribution is 2.05. The molecule has 0 spiro atoms. The van der Waals surface area contributed by atoms with Crippen LogP contribution in [0, 0.1) is 0 Å². The van der Waals surface area contributed by atoms with E-state index in [0.29, 0.717) is 6.42 Å². The van der Waals surface area contributed by atoms with Gasteiger partial charge in [0, 0.05) is 6.42 Å². The summed E-state index contributed by atoms with van der Waals surface area (Å²) in [5.74, 6) is 1.27. The van der Waals surface area contributed by atoms with Crippen LogP contribution in [-0.4, -0.2) is 24.6 Å². The van der Waals surface area contributed by atoms with Gasteiger partial charge in [0.15, 0.2) is 0 Å². The Balaban J connectivity index is 0.000000423. The second-order valence-corrected chi connectivity index (χ2v) is 5.92. The molecule has 0 fully saturated rings. The molecule has 0 radical (unpaired) electrons. The Morgan fingerprint density at radius 2 is 1.81 bits per heavy atom. The van der Waals surface area contributed by atoms with E-state index in [1.165, 1.54) is 25.1 Å². The van der Waals surface area contributed by atoms with E-state index < -0.39 is 10.4 Å². The van der Waals surface area contributed by atoms with Crippen LogP contribution < -0.4 is 4.57 Å². The Kier molecular flexibility index (Phi) is 11.2. The number of hydrogen-bond donors (Lipinski definition) is 1. The van der Waals surface area contributed by atoms with E-state index in [1.54, 1.807) is 0 Å². The van der Waals surface area contributed by atoms with Crippen LogP contribution >= 0.6 is 0 Å². The number of aromatic nitrogens is 2. The molecule has 7 heteroatoms. The number of aryl methyl sites for hydroxylation is 2. The first-order valence-electron chi connectivity index (χ1n) is 7.52. The van der Waals surface area contributed by atoms with Crippen molar-refractivity contribution in [1.82, 2.24) is 4.98 Å². The van der Waals surface area contributed by atoms with Crippen LogP contribution in [-0.2, 0) is 28.1 Å². The van der Waals surface area contributed by atoms with Crippen LogP contribution in [0.4, 0.5) is 0 Å². The smallest absolute Gasteiger partial charge is 0.253 e. The normalized spacial score (nSPS) is 11.0. The van der Waals surface area contributed by atoms with Crippen molar-refractivity contribution in [2.75, 3.05) is 6.61 Å². The summed E-state index contributed by atoms with van der Waals surface area (Å²) in [6.07, 6.45) is 11.2. The average Bonchev–Trinajstić information content (AvgIpc) is 2.83. The van der Waals surface area contributed by atoms with E-state index in [0.717, 1.165) is 19.3 Å². The molecule has 124 valence electrons. The van der Waals surface area contributed by atoms with Gasteiger partial charge < -0.3 is 4.55 Å². The highest BCUT2D eigenvalue weighted by Gasteiger charge is 1.99. The molecule has 0 unspecified atom stereocenters. The van der Waals surface area contributed by atoms with E-state index in [-0.39, 0.29) is 6.61 Å². The van der Waals surface area contributed by atoms with Crippen molar-refractivity contribution in [1.29, 1.82) is 0 Å². The monoisotopic (exact) mass is 320 g/mol. The topological polar surface area (TPSA) is 86.1 Å². The van der Waals surface area contributed by atoms with Crippen LogP contribution in [0.5, 0.6) is 0 Å². The third kappa shape index (κ3) is 12.5. The lowest BCUT2D eigenvalue weighted by Gasteiger charge is -2.06. The van der Waals surface area contributed by atoms with Crippen LogP contribution in [0.3, 0.4) is 0 Å². The molecule has 1 rings (SSSR count). The van der Waals surface area contributed by atoms with E-state index in [2.05, 4.69) is 27.6 Å². The number of imidazole rings is 1. The van der Waals surface area contributed by atoms with Crippen LogP contribution in [0.15, 0.2) is 12.4 Å². The zero-order valence-electron chi connectivity index (χ0n) is 13.3. The van der Waals surface area contributed by atoms with Crippen LogP contribution in [0.25, 0.3) is 0 Å². The first-order valence-corrected chi connectivity index (χ1v) is 8.86. The van der Waals surface area contributed by atoms with Crippen molar-refractivity contribution in [2.45, 2.75) is 58.8 Å². The second-order valence-electron chi connectivity index (χ2n) is 4.87. The Morgan fingerprint density at radius 3 is 2.24 bits per heavy atom. The summed E-state index contributed by atoms with van der Waals surface area (Å²) in [6.45, 7) is 4.29. The summed E-state index contributed by atoms with van der Waals surface area (Å²) in [6, 6.07) is 0. The van der Waals surface area contributed by atoms with Gasteiger partial charge in [0.05, 0.1) is 13.7 Å². The van der Waals surface area contributed by atoms with Gasteiger partial charge in [-0.1, -0.05) is 46.0 Å². The molecule has 1 aromatic rings. The minimum atomic E-state index is -4.47. The predicted molar refractivity (Wildman–Crippen MR) is 80.4 cm³/mol. The molecular formula is C14H28N2O4S. The molecule has 0 atom stereocenters. The van der Waals surface area contributed by atoms with Gasteiger partial charge in [0.1, 0.15) is 12.4 Å². The Morgan fingerprint density at radius 1 is 1.19 bits per heavy atom. The lowest BCUT2D eigenvalue weighted by Crippen LogP contribution is -2.29. The van der Waals surface area contributed by atoms with Crippen molar-refractivity contribution in [3.8, 4) is 0 Å². The molecule has 1 N–H and O–H groups in total. The van der Waals surface area contributed by atoms with Crippen molar-refractivity contribution in [3.63, 3.8) is 0 Å². The van der Waals surface area contributed by atoms with Crippen molar-refractivity contribution in [3.05, 3.63) is 18.2 Å². The van der Waals surface area contributed by atoms with Gasteiger partial charge in [-0.3, -0.25) is 4.18 Å². The molecule has 21 heavy (non-hydrogen) atoms. The third-order valence-corrected chi connectivity index (χ3v) is 3.49. The first kappa shape index (κ1) is 20.1. The summed E-state index contributed by atoms with van der Waals surface area (Å²) in [5, 5.41) is 0. The lowest BCUT2D eigenvalue weighted by molar-refractivity contribution is -0.677. The van der Waals surface area contributed by atoms with Crippen molar-refractivity contribution >= 4 is 10.4 Å². The van der Waals surface area contributed by atoms with Crippen molar-refractivity contribution < 1.29 is 21.7 Å². The quantitative estimate of drug-likeness (QED) is 0.327. The van der Waals surface area contributed by atoms with E-state index in [1.807, 2.05) is 19.4 Å². The SMILES string of the molecule is CCCCCCCCOS(=O)(=O)[O-].CCc1[nH]cc[n+]1C. The minimum absolute atomic E-state index is 0.0258. The summed E-state index contributed by atoms with van der Waals surface area (Å²) in [7, 11) is -2.43. The highest BCUT2D eigenvalue weighted by molar-refractivity contribution is 7.80. The van der Waals surface area contributed by atoms with Crippen LogP contribution in [0.1, 0.15) is 58.2 Å². The first-order chi connectivity index (χ1) is 9.90. The number of nitrogens with zero attached hydrogens (tertiary/aromatic N) is 1. The lowest BCUT2D eigenvalue weighted by atomic mass is 10.1. The highest BCUT2D eigenvalue weighted by atomic mass is 32.3. The summed E-state index contributed by atoms with van der Waals surface area (Å²) >= 11 is 0. The number of nitrogens with one attached hydrogen (secondary N) is 1. The zero-order valence-corrected chi connectivity index (χ0v) is 14.1. The fourth-order valence-corrected chi connectivity index (χ4v) is 2.15. The van der Waals surface area contributed by atoms with E-state index >= 15 is 0 Å². The molecule has 1 aromatic heterocycles. The van der Waals surface area contributed by atoms with Gasteiger partial charge in [-0.15, -0.1) is 0 Å². The van der Waals surface area contributed by atoms with Gasteiger partial charge in [-0.25, -0.2) is 18.0 Å². The molecule has 0 aliphatic carbocycles. The van der Waals surface area contributed by atoms with E-state index in [4.69, 9.17) is 0 Å². The molecule has 1 heterocycles. The number of unbranched alkanes of at least 4 members (excludes halogenated alkanes) is 5. The zero-order chi connectivity index (χ0) is 16.1. The van der Waals surface area contributed by atoms with Gasteiger partial charge >= 0.3 is 0 Å². The summed E-state index contributed by atoms with van der Waals surface area (Å²) < 4.78 is 36.1. The van der Waals surface area contributed by atoms with Gasteiger partial charge in [-0.05, 0) is 6.42 Å². The maximum atomic E-state index is 9.99. The molecule has 0 aromatic carbocycles. The number of hydrogen-bond acceptors (Lipinski definition) is 4. The Bertz CT molecular complexity index is 457. The maximum Gasteiger partial charge on any atom is 0.253 e. The Hall–Kier alpha value is -0.920. The predicted octanol–water partition coefficient (Wildman–Crippen LogP) is 2.23. The Labute approximate surface area is 128 Å². The third-order valence-electron chi connectivity index (χ3n) is 3.03. The molecule has 0 bridgehead atoms. The van der Waals surface area contributed by atoms with E-state index in [9.17, 15) is 13.0 Å². The minimum Gasteiger partial charge on any atom is -0.726 e. The molecule has 0 amide bonds. The van der Waals surface area contributed by atoms with Gasteiger partial charge in [-0.2, -0.15) is 0 Å². The summed E-state index contributed by atoms with van der Waals surface area (Å²) in [5.41, 5.74) is 0. The fraction of sp³-hybridized carbons (Fsp3) is 0.786. The van der Waals surface area contributed by atoms with Crippen LogP contribution in [0.2, 0.25) is 0 Å². The molecule has 0 aliphatic rings. The molecule has 0 saturated carbocycles. The maximum absolute atomic E-state index is 9.99. The van der Waals surface area contributed by atoms with Crippen molar-refractivity contribution in [2.24, 2.45) is 7.05 Å². The summed E-state index contributed by atoms with van der Waals surface area (Å²) in [4.78, 5) is 3.12. The number of H-pyrrole nitrogens is 1. The number of aromatic amines is 1. The largest absolute Gasteiger partial charge is 0.726 e. The number of rotatable bonds is 9. The molecular weight excluding hydrogens is 292 g/mol. The second kappa shape index (κ2) is 11.7. The average molecular weight is 320 g/mol. The standard InChI is InChI=1S/C8H18O4S.C6H10N2/c1-2-3-4-5-6-7-8-12-13(9,10)11;1-3-6-7-4-5-8(6)2/h2-8H2,1H3,(H,9,10,11);4-5H,3H2,1-2H3. The molecule has 6 nitrogen and oxygen atoms in total. The van der Waals surface area contributed by atoms with Gasteiger partial charge in [0.2, 0.25) is 10.4 Å². The molecule has 0 aliphatic heterocycles. The van der Waals surface area contributed by atoms with Gasteiger partial charge in [0.25, 0.3) is 5.82 Å². The molecule has 0 saturated heterocycles. The fourth-order valence-electron chi connectivity index (χ4n) is 1.83.